The maximum absolute atomic E-state index is 9.24. The zero-order valence-corrected chi connectivity index (χ0v) is 9.66. The topological polar surface area (TPSA) is 45.2 Å². The average Bonchev–Trinajstić information content (AvgIpc) is 2.67. The number of benzene rings is 1. The van der Waals surface area contributed by atoms with E-state index in [1.165, 1.54) is 5.39 Å². The van der Waals surface area contributed by atoms with Gasteiger partial charge in [-0.05, 0) is 43.4 Å². The maximum Gasteiger partial charge on any atom is 0.120 e. The van der Waals surface area contributed by atoms with Crippen LogP contribution in [0.4, 0.5) is 0 Å². The van der Waals surface area contributed by atoms with E-state index in [0.29, 0.717) is 0 Å². The Morgan fingerprint density at radius 1 is 1.38 bits per heavy atom. The van der Waals surface area contributed by atoms with E-state index >= 15 is 0 Å². The van der Waals surface area contributed by atoms with Gasteiger partial charge in [-0.25, -0.2) is 0 Å². The molecule has 2 N–H and O–H groups in total. The highest BCUT2D eigenvalue weighted by molar-refractivity contribution is 5.81. The summed E-state index contributed by atoms with van der Waals surface area (Å²) in [5, 5.41) is 10.4. The molecule has 3 nitrogen and oxygen atoms in total. The number of hydrogen-bond acceptors (Lipinski definition) is 2. The van der Waals surface area contributed by atoms with Crippen LogP contribution in [-0.2, 0) is 6.42 Å². The molecule has 2 aromatic rings. The quantitative estimate of drug-likeness (QED) is 0.829. The summed E-state index contributed by atoms with van der Waals surface area (Å²) in [5.41, 5.74) is 2.24. The first-order valence-corrected chi connectivity index (χ1v) is 5.53. The summed E-state index contributed by atoms with van der Waals surface area (Å²) < 4.78 is 5.17. The van der Waals surface area contributed by atoms with Gasteiger partial charge in [0.2, 0.25) is 0 Å². The molecule has 0 bridgehead atoms. The molecule has 1 aromatic heterocycles. The number of fused-ring (bicyclic) bond motifs is 1. The highest BCUT2D eigenvalue weighted by Gasteiger charge is 2.03. The fraction of sp³-hybridized carbons (Fsp3) is 0.385. The molecule has 0 radical (unpaired) electrons. The summed E-state index contributed by atoms with van der Waals surface area (Å²) in [4.78, 5) is 3.33. The summed E-state index contributed by atoms with van der Waals surface area (Å²) in [7, 11) is 1.67. The molecule has 0 saturated carbocycles. The highest BCUT2D eigenvalue weighted by atomic mass is 16.5. The third-order valence-corrected chi connectivity index (χ3v) is 2.72. The second-order valence-electron chi connectivity index (χ2n) is 4.14. The predicted octanol–water partition coefficient (Wildman–Crippen LogP) is 2.49. The Hall–Kier alpha value is -1.48. The zero-order valence-electron chi connectivity index (χ0n) is 9.66. The molecule has 1 atom stereocenters. The van der Waals surface area contributed by atoms with Crippen molar-refractivity contribution in [3.8, 4) is 5.75 Å². The lowest BCUT2D eigenvalue weighted by atomic mass is 10.1. The van der Waals surface area contributed by atoms with E-state index in [4.69, 9.17) is 4.74 Å². The van der Waals surface area contributed by atoms with E-state index in [1.54, 1.807) is 7.11 Å². The van der Waals surface area contributed by atoms with Crippen LogP contribution in [0.15, 0.2) is 24.3 Å². The molecule has 1 heterocycles. The van der Waals surface area contributed by atoms with E-state index < -0.39 is 0 Å². The van der Waals surface area contributed by atoms with Gasteiger partial charge in [0.25, 0.3) is 0 Å². The van der Waals surface area contributed by atoms with E-state index in [-0.39, 0.29) is 6.10 Å². The van der Waals surface area contributed by atoms with Gasteiger partial charge in [-0.15, -0.1) is 0 Å². The van der Waals surface area contributed by atoms with Gasteiger partial charge >= 0.3 is 0 Å². The highest BCUT2D eigenvalue weighted by Crippen LogP contribution is 2.21. The summed E-state index contributed by atoms with van der Waals surface area (Å²) in [6.45, 7) is 1.81. The Morgan fingerprint density at radius 2 is 2.19 bits per heavy atom. The number of aliphatic hydroxyl groups is 1. The molecule has 86 valence electrons. The van der Waals surface area contributed by atoms with Gasteiger partial charge in [0, 0.05) is 17.3 Å². The Bertz CT molecular complexity index is 474. The SMILES string of the molecule is COc1ccc2cc(CCC(C)O)[nH]c2c1. The van der Waals surface area contributed by atoms with Crippen LogP contribution in [0.25, 0.3) is 10.9 Å². The Labute approximate surface area is 95.1 Å². The maximum atomic E-state index is 9.24. The van der Waals surface area contributed by atoms with Gasteiger partial charge < -0.3 is 14.8 Å². The second-order valence-corrected chi connectivity index (χ2v) is 4.14. The van der Waals surface area contributed by atoms with Crippen LogP contribution in [0.5, 0.6) is 5.75 Å². The summed E-state index contributed by atoms with van der Waals surface area (Å²) in [5.74, 6) is 0.858. The molecule has 0 fully saturated rings. The molecule has 0 aliphatic carbocycles. The molecule has 0 aliphatic heterocycles. The van der Waals surface area contributed by atoms with Crippen molar-refractivity contribution in [2.75, 3.05) is 7.11 Å². The number of rotatable bonds is 4. The van der Waals surface area contributed by atoms with Crippen molar-refractivity contribution in [1.29, 1.82) is 0 Å². The van der Waals surface area contributed by atoms with Crippen molar-refractivity contribution in [2.24, 2.45) is 0 Å². The fourth-order valence-electron chi connectivity index (χ4n) is 1.79. The number of aromatic nitrogens is 1. The number of aliphatic hydroxyl groups excluding tert-OH is 1. The van der Waals surface area contributed by atoms with Crippen LogP contribution in [-0.4, -0.2) is 23.3 Å². The van der Waals surface area contributed by atoms with Crippen molar-refractivity contribution < 1.29 is 9.84 Å². The third-order valence-electron chi connectivity index (χ3n) is 2.72. The molecule has 0 amide bonds. The summed E-state index contributed by atoms with van der Waals surface area (Å²) in [6, 6.07) is 8.10. The van der Waals surface area contributed by atoms with E-state index in [0.717, 1.165) is 29.8 Å². The zero-order chi connectivity index (χ0) is 11.5. The Morgan fingerprint density at radius 3 is 2.88 bits per heavy atom. The number of nitrogens with one attached hydrogen (secondary N) is 1. The normalized spacial score (nSPS) is 12.9. The molecule has 2 rings (SSSR count). The summed E-state index contributed by atoms with van der Waals surface area (Å²) in [6.07, 6.45) is 1.40. The molecular formula is C13H17NO2. The van der Waals surface area contributed by atoms with Gasteiger partial charge in [0.15, 0.2) is 0 Å². The van der Waals surface area contributed by atoms with Crippen molar-refractivity contribution in [3.05, 3.63) is 30.0 Å². The molecular weight excluding hydrogens is 202 g/mol. The van der Waals surface area contributed by atoms with Gasteiger partial charge in [-0.3, -0.25) is 0 Å². The number of H-pyrrole nitrogens is 1. The predicted molar refractivity (Wildman–Crippen MR) is 64.9 cm³/mol. The van der Waals surface area contributed by atoms with E-state index in [9.17, 15) is 5.11 Å². The first-order chi connectivity index (χ1) is 7.69. The van der Waals surface area contributed by atoms with Crippen molar-refractivity contribution in [1.82, 2.24) is 4.98 Å². The molecule has 0 saturated heterocycles. The van der Waals surface area contributed by atoms with Crippen molar-refractivity contribution in [3.63, 3.8) is 0 Å². The molecule has 0 spiro atoms. The van der Waals surface area contributed by atoms with Crippen LogP contribution >= 0.6 is 0 Å². The van der Waals surface area contributed by atoms with Gasteiger partial charge in [-0.1, -0.05) is 0 Å². The summed E-state index contributed by atoms with van der Waals surface area (Å²) >= 11 is 0. The molecule has 1 aromatic carbocycles. The van der Waals surface area contributed by atoms with Crippen LogP contribution in [0.1, 0.15) is 19.0 Å². The Balaban J connectivity index is 2.22. The number of hydrogen-bond donors (Lipinski definition) is 2. The van der Waals surface area contributed by atoms with Gasteiger partial charge in [0.05, 0.1) is 13.2 Å². The van der Waals surface area contributed by atoms with Crippen molar-refractivity contribution in [2.45, 2.75) is 25.9 Å². The Kier molecular flexibility index (Phi) is 3.15. The standard InChI is InChI=1S/C13H17NO2/c1-9(15)3-5-11-7-10-4-6-12(16-2)8-13(10)14-11/h4,6-9,14-15H,3,5H2,1-2H3. The monoisotopic (exact) mass is 219 g/mol. The fourth-order valence-corrected chi connectivity index (χ4v) is 1.79. The molecule has 0 aliphatic rings. The third kappa shape index (κ3) is 2.36. The van der Waals surface area contributed by atoms with Gasteiger partial charge in [-0.2, -0.15) is 0 Å². The van der Waals surface area contributed by atoms with E-state index in [2.05, 4.69) is 11.1 Å². The molecule has 3 heteroatoms. The lowest BCUT2D eigenvalue weighted by molar-refractivity contribution is 0.184. The van der Waals surface area contributed by atoms with Crippen LogP contribution in [0.2, 0.25) is 0 Å². The lowest BCUT2D eigenvalue weighted by Gasteiger charge is -2.00. The largest absolute Gasteiger partial charge is 0.497 e. The molecule has 1 unspecified atom stereocenters. The minimum Gasteiger partial charge on any atom is -0.497 e. The number of methoxy groups -OCH3 is 1. The van der Waals surface area contributed by atoms with Crippen molar-refractivity contribution >= 4 is 10.9 Å². The minimum atomic E-state index is -0.249. The van der Waals surface area contributed by atoms with Gasteiger partial charge in [0.1, 0.15) is 5.75 Å². The average molecular weight is 219 g/mol. The second kappa shape index (κ2) is 4.58. The lowest BCUT2D eigenvalue weighted by Crippen LogP contribution is -2.01. The first kappa shape index (κ1) is 11.0. The minimum absolute atomic E-state index is 0.249. The van der Waals surface area contributed by atoms with Crippen LogP contribution in [0, 0.1) is 0 Å². The molecule has 16 heavy (non-hydrogen) atoms. The first-order valence-electron chi connectivity index (χ1n) is 5.53. The number of aromatic amines is 1. The number of aryl methyl sites for hydroxylation is 1. The van der Waals surface area contributed by atoms with Crippen LogP contribution in [0.3, 0.4) is 0 Å². The van der Waals surface area contributed by atoms with E-state index in [1.807, 2.05) is 25.1 Å². The van der Waals surface area contributed by atoms with Crippen LogP contribution < -0.4 is 4.74 Å². The smallest absolute Gasteiger partial charge is 0.120 e. The number of ether oxygens (including phenoxy) is 1.